The van der Waals surface area contributed by atoms with Gasteiger partial charge in [-0.25, -0.2) is 8.42 Å². The summed E-state index contributed by atoms with van der Waals surface area (Å²) in [5.41, 5.74) is 0.563. The van der Waals surface area contributed by atoms with Gasteiger partial charge in [-0.3, -0.25) is 0 Å². The van der Waals surface area contributed by atoms with Gasteiger partial charge in [0.05, 0.1) is 17.6 Å². The van der Waals surface area contributed by atoms with E-state index in [2.05, 4.69) is 5.32 Å². The van der Waals surface area contributed by atoms with Crippen molar-refractivity contribution in [2.75, 3.05) is 12.3 Å². The summed E-state index contributed by atoms with van der Waals surface area (Å²) in [6, 6.07) is 7.04. The molecule has 1 aromatic carbocycles. The highest BCUT2D eigenvalue weighted by atomic mass is 35.5. The predicted molar refractivity (Wildman–Crippen MR) is 78.1 cm³/mol. The minimum absolute atomic E-state index is 0.147. The molecule has 0 bridgehead atoms. The Hall–Kier alpha value is -0.620. The molecule has 19 heavy (non-hydrogen) atoms. The molecule has 0 heterocycles. The second-order valence-electron chi connectivity index (χ2n) is 4.86. The van der Waals surface area contributed by atoms with Crippen molar-refractivity contribution in [3.63, 3.8) is 0 Å². The fourth-order valence-corrected chi connectivity index (χ4v) is 3.46. The molecule has 0 aliphatic heterocycles. The van der Waals surface area contributed by atoms with Crippen LogP contribution in [0.15, 0.2) is 24.3 Å². The van der Waals surface area contributed by atoms with Crippen molar-refractivity contribution >= 4 is 21.4 Å². The number of aliphatic hydroxyl groups excluding tert-OH is 1. The summed E-state index contributed by atoms with van der Waals surface area (Å²) >= 11 is 5.93. The van der Waals surface area contributed by atoms with E-state index in [4.69, 9.17) is 11.6 Å². The van der Waals surface area contributed by atoms with Gasteiger partial charge in [-0.2, -0.15) is 0 Å². The second-order valence-corrected chi connectivity index (χ2v) is 7.38. The van der Waals surface area contributed by atoms with E-state index >= 15 is 0 Å². The van der Waals surface area contributed by atoms with Gasteiger partial charge < -0.3 is 10.4 Å². The van der Waals surface area contributed by atoms with Gasteiger partial charge in [-0.1, -0.05) is 43.6 Å². The van der Waals surface area contributed by atoms with Crippen LogP contribution in [-0.4, -0.2) is 38.0 Å². The molecule has 0 spiro atoms. The fourth-order valence-electron chi connectivity index (χ4n) is 1.64. The number of hydrogen-bond acceptors (Lipinski definition) is 4. The maximum Gasteiger partial charge on any atom is 0.157 e. The standard InChI is InChI=1S/C13H20ClNO3S/c1-10(2)15-7-12(16)9-19(17,18)8-11-5-3-4-6-13(11)14/h3-6,10,12,15-16H,7-9H2,1-2H3. The molecular formula is C13H20ClNO3S. The van der Waals surface area contributed by atoms with Crippen LogP contribution < -0.4 is 5.32 Å². The van der Waals surface area contributed by atoms with Crippen molar-refractivity contribution in [3.8, 4) is 0 Å². The van der Waals surface area contributed by atoms with Crippen LogP contribution in [-0.2, 0) is 15.6 Å². The van der Waals surface area contributed by atoms with Crippen LogP contribution in [0, 0.1) is 0 Å². The zero-order valence-electron chi connectivity index (χ0n) is 11.1. The monoisotopic (exact) mass is 305 g/mol. The highest BCUT2D eigenvalue weighted by Gasteiger charge is 2.19. The number of hydrogen-bond donors (Lipinski definition) is 2. The van der Waals surface area contributed by atoms with E-state index in [1.54, 1.807) is 24.3 Å². The van der Waals surface area contributed by atoms with Crippen LogP contribution in [0.1, 0.15) is 19.4 Å². The number of sulfone groups is 1. The molecule has 1 rings (SSSR count). The molecule has 1 aromatic rings. The van der Waals surface area contributed by atoms with E-state index in [0.29, 0.717) is 10.6 Å². The van der Waals surface area contributed by atoms with E-state index in [1.165, 1.54) is 0 Å². The van der Waals surface area contributed by atoms with Crippen molar-refractivity contribution < 1.29 is 13.5 Å². The van der Waals surface area contributed by atoms with Gasteiger partial charge >= 0.3 is 0 Å². The Morgan fingerprint density at radius 1 is 1.32 bits per heavy atom. The summed E-state index contributed by atoms with van der Waals surface area (Å²) in [6.45, 7) is 4.13. The molecule has 0 amide bonds. The molecular weight excluding hydrogens is 286 g/mol. The molecule has 0 aliphatic rings. The highest BCUT2D eigenvalue weighted by molar-refractivity contribution is 7.90. The Bertz CT molecular complexity index is 502. The first-order valence-corrected chi connectivity index (χ1v) is 8.35. The lowest BCUT2D eigenvalue weighted by Gasteiger charge is -2.14. The van der Waals surface area contributed by atoms with Crippen LogP contribution in [0.5, 0.6) is 0 Å². The van der Waals surface area contributed by atoms with Crippen LogP contribution in [0.25, 0.3) is 0 Å². The van der Waals surface area contributed by atoms with Crippen LogP contribution in [0.4, 0.5) is 0 Å². The lowest BCUT2D eigenvalue weighted by atomic mass is 10.2. The van der Waals surface area contributed by atoms with Crippen LogP contribution >= 0.6 is 11.6 Å². The smallest absolute Gasteiger partial charge is 0.157 e. The Morgan fingerprint density at radius 3 is 2.53 bits per heavy atom. The second kappa shape index (κ2) is 7.24. The Morgan fingerprint density at radius 2 is 1.95 bits per heavy atom. The minimum Gasteiger partial charge on any atom is -0.391 e. The summed E-state index contributed by atoms with van der Waals surface area (Å²) in [4.78, 5) is 0. The van der Waals surface area contributed by atoms with E-state index in [9.17, 15) is 13.5 Å². The quantitative estimate of drug-likeness (QED) is 0.803. The third-order valence-electron chi connectivity index (χ3n) is 2.54. The lowest BCUT2D eigenvalue weighted by Crippen LogP contribution is -2.36. The largest absolute Gasteiger partial charge is 0.391 e. The normalized spacial score (nSPS) is 13.7. The molecule has 0 radical (unpaired) electrons. The Kier molecular flexibility index (Phi) is 6.26. The Balaban J connectivity index is 2.59. The first kappa shape index (κ1) is 16.4. The van der Waals surface area contributed by atoms with Crippen molar-refractivity contribution in [2.45, 2.75) is 31.7 Å². The van der Waals surface area contributed by atoms with E-state index < -0.39 is 15.9 Å². The van der Waals surface area contributed by atoms with Gasteiger partial charge in [0.25, 0.3) is 0 Å². The lowest BCUT2D eigenvalue weighted by molar-refractivity contribution is 0.190. The van der Waals surface area contributed by atoms with Gasteiger partial charge in [0.2, 0.25) is 0 Å². The SMILES string of the molecule is CC(C)NCC(O)CS(=O)(=O)Cc1ccccc1Cl. The average Bonchev–Trinajstić information content (AvgIpc) is 2.28. The van der Waals surface area contributed by atoms with Crippen molar-refractivity contribution in [1.82, 2.24) is 5.32 Å². The molecule has 4 nitrogen and oxygen atoms in total. The van der Waals surface area contributed by atoms with Gasteiger partial charge in [-0.15, -0.1) is 0 Å². The van der Waals surface area contributed by atoms with Crippen molar-refractivity contribution in [3.05, 3.63) is 34.9 Å². The van der Waals surface area contributed by atoms with Gasteiger partial charge in [0.15, 0.2) is 9.84 Å². The number of nitrogens with one attached hydrogen (secondary N) is 1. The minimum atomic E-state index is -3.38. The topological polar surface area (TPSA) is 66.4 Å². The van der Waals surface area contributed by atoms with E-state index in [-0.39, 0.29) is 24.1 Å². The van der Waals surface area contributed by atoms with E-state index in [0.717, 1.165) is 0 Å². The summed E-state index contributed by atoms with van der Waals surface area (Å²) in [5.74, 6) is -0.413. The maximum absolute atomic E-state index is 12.0. The fraction of sp³-hybridized carbons (Fsp3) is 0.538. The molecule has 6 heteroatoms. The van der Waals surface area contributed by atoms with Crippen LogP contribution in [0.2, 0.25) is 5.02 Å². The zero-order chi connectivity index (χ0) is 14.5. The number of benzene rings is 1. The molecule has 1 atom stereocenters. The summed E-state index contributed by atoms with van der Waals surface area (Å²) in [5, 5.41) is 13.1. The number of halogens is 1. The first-order chi connectivity index (χ1) is 8.80. The molecule has 0 aromatic heterocycles. The van der Waals surface area contributed by atoms with Gasteiger partial charge in [0, 0.05) is 17.6 Å². The number of rotatable bonds is 7. The molecule has 0 saturated carbocycles. The number of aliphatic hydroxyl groups is 1. The summed E-state index contributed by atoms with van der Waals surface area (Å²) in [7, 11) is -3.38. The third-order valence-corrected chi connectivity index (χ3v) is 4.55. The van der Waals surface area contributed by atoms with Crippen molar-refractivity contribution in [2.24, 2.45) is 0 Å². The zero-order valence-corrected chi connectivity index (χ0v) is 12.7. The van der Waals surface area contributed by atoms with Crippen molar-refractivity contribution in [1.29, 1.82) is 0 Å². The Labute approximate surface area is 119 Å². The third kappa shape index (κ3) is 6.38. The summed E-state index contributed by atoms with van der Waals surface area (Å²) in [6.07, 6.45) is -0.908. The predicted octanol–water partition coefficient (Wildman–Crippen LogP) is 1.61. The van der Waals surface area contributed by atoms with Gasteiger partial charge in [-0.05, 0) is 11.6 Å². The molecule has 0 aliphatic carbocycles. The molecule has 0 fully saturated rings. The molecule has 0 saturated heterocycles. The van der Waals surface area contributed by atoms with Gasteiger partial charge in [0.1, 0.15) is 0 Å². The first-order valence-electron chi connectivity index (χ1n) is 6.15. The summed E-state index contributed by atoms with van der Waals surface area (Å²) < 4.78 is 23.9. The van der Waals surface area contributed by atoms with Crippen LogP contribution in [0.3, 0.4) is 0 Å². The molecule has 1 unspecified atom stereocenters. The molecule has 2 N–H and O–H groups in total. The highest BCUT2D eigenvalue weighted by Crippen LogP contribution is 2.18. The molecule has 108 valence electrons. The van der Waals surface area contributed by atoms with E-state index in [1.807, 2.05) is 13.8 Å². The average molecular weight is 306 g/mol. The maximum atomic E-state index is 12.0.